The van der Waals surface area contributed by atoms with Gasteiger partial charge in [0.05, 0.1) is 36.6 Å². The van der Waals surface area contributed by atoms with E-state index in [9.17, 15) is 12.8 Å². The van der Waals surface area contributed by atoms with Crippen LogP contribution in [0.2, 0.25) is 25.7 Å². The highest BCUT2D eigenvalue weighted by Gasteiger charge is 2.18. The van der Waals surface area contributed by atoms with Crippen LogP contribution in [0.3, 0.4) is 0 Å². The maximum absolute atomic E-state index is 14.0. The van der Waals surface area contributed by atoms with E-state index in [0.29, 0.717) is 29.0 Å². The molecule has 0 N–H and O–H groups in total. The number of rotatable bonds is 10. The summed E-state index contributed by atoms with van der Waals surface area (Å²) in [4.78, 5) is 0. The van der Waals surface area contributed by atoms with Gasteiger partial charge in [-0.3, -0.25) is 4.18 Å². The molecule has 152 valence electrons. The van der Waals surface area contributed by atoms with Gasteiger partial charge in [0, 0.05) is 33.2 Å². The molecule has 1 heterocycles. The van der Waals surface area contributed by atoms with Crippen LogP contribution in [0, 0.1) is 5.82 Å². The van der Waals surface area contributed by atoms with E-state index >= 15 is 0 Å². The van der Waals surface area contributed by atoms with Gasteiger partial charge in [-0.05, 0) is 6.04 Å². The van der Waals surface area contributed by atoms with Gasteiger partial charge < -0.3 is 9.47 Å². The molecule has 0 aliphatic carbocycles. The molecule has 0 amide bonds. The zero-order chi connectivity index (χ0) is 20.2. The van der Waals surface area contributed by atoms with Crippen molar-refractivity contribution < 1.29 is 26.5 Å². The summed E-state index contributed by atoms with van der Waals surface area (Å²) in [5, 5.41) is 5.10. The third kappa shape index (κ3) is 6.56. The van der Waals surface area contributed by atoms with Gasteiger partial charge in [0.15, 0.2) is 0 Å². The van der Waals surface area contributed by atoms with E-state index in [1.807, 2.05) is 0 Å². The third-order valence-corrected chi connectivity index (χ3v) is 6.22. The maximum atomic E-state index is 14.0. The lowest BCUT2D eigenvalue weighted by atomic mass is 10.1. The molecular weight excluding hydrogens is 391 g/mol. The molecule has 2 aromatic rings. The lowest BCUT2D eigenvalue weighted by Gasteiger charge is -2.15. The SMILES string of the molecule is COc1cc(F)cc2c1c(CCOS(C)(=O)=O)nn2COCC[Si](C)(C)C. The fourth-order valence-corrected chi connectivity index (χ4v) is 3.71. The van der Waals surface area contributed by atoms with Crippen molar-refractivity contribution in [1.29, 1.82) is 0 Å². The lowest BCUT2D eigenvalue weighted by molar-refractivity contribution is 0.0813. The van der Waals surface area contributed by atoms with Gasteiger partial charge in [0.2, 0.25) is 0 Å². The first-order valence-corrected chi connectivity index (χ1v) is 14.2. The monoisotopic (exact) mass is 418 g/mol. The van der Waals surface area contributed by atoms with E-state index in [1.165, 1.54) is 19.2 Å². The minimum Gasteiger partial charge on any atom is -0.496 e. The van der Waals surface area contributed by atoms with E-state index in [-0.39, 0.29) is 19.8 Å². The summed E-state index contributed by atoms with van der Waals surface area (Å²) in [5.74, 6) is -0.103. The van der Waals surface area contributed by atoms with Crippen molar-refractivity contribution in [3.63, 3.8) is 0 Å². The third-order valence-electron chi connectivity index (χ3n) is 3.92. The minimum absolute atomic E-state index is 0.0536. The van der Waals surface area contributed by atoms with Gasteiger partial charge in [0.25, 0.3) is 10.1 Å². The van der Waals surface area contributed by atoms with E-state index in [2.05, 4.69) is 24.7 Å². The Morgan fingerprint density at radius 1 is 1.22 bits per heavy atom. The number of fused-ring (bicyclic) bond motifs is 1. The van der Waals surface area contributed by atoms with Crippen LogP contribution in [-0.2, 0) is 32.2 Å². The van der Waals surface area contributed by atoms with Crippen molar-refractivity contribution >= 4 is 29.1 Å². The molecule has 0 radical (unpaired) electrons. The van der Waals surface area contributed by atoms with Crippen LogP contribution in [0.1, 0.15) is 5.69 Å². The van der Waals surface area contributed by atoms with Crippen molar-refractivity contribution in [1.82, 2.24) is 9.78 Å². The van der Waals surface area contributed by atoms with E-state index in [1.54, 1.807) is 4.68 Å². The number of nitrogens with zero attached hydrogens (tertiary/aromatic N) is 2. The summed E-state index contributed by atoms with van der Waals surface area (Å²) in [6, 6.07) is 3.66. The molecule has 0 saturated heterocycles. The highest BCUT2D eigenvalue weighted by molar-refractivity contribution is 7.85. The molecule has 2 rings (SSSR count). The van der Waals surface area contributed by atoms with Crippen LogP contribution in [0.5, 0.6) is 5.75 Å². The number of hydrogen-bond acceptors (Lipinski definition) is 6. The molecule has 0 bridgehead atoms. The molecule has 0 atom stereocenters. The van der Waals surface area contributed by atoms with Crippen LogP contribution in [0.15, 0.2) is 12.1 Å². The Hall–Kier alpha value is -1.49. The molecule has 0 fully saturated rings. The average molecular weight is 419 g/mol. The van der Waals surface area contributed by atoms with Gasteiger partial charge in [0.1, 0.15) is 18.3 Å². The number of hydrogen-bond donors (Lipinski definition) is 0. The summed E-state index contributed by atoms with van der Waals surface area (Å²) < 4.78 is 53.7. The van der Waals surface area contributed by atoms with E-state index < -0.39 is 24.0 Å². The number of ether oxygens (including phenoxy) is 2. The first kappa shape index (κ1) is 21.8. The first-order chi connectivity index (χ1) is 12.5. The van der Waals surface area contributed by atoms with Crippen molar-refractivity contribution in [3.05, 3.63) is 23.6 Å². The highest BCUT2D eigenvalue weighted by Crippen LogP contribution is 2.30. The summed E-state index contributed by atoms with van der Waals surface area (Å²) in [7, 11) is -3.30. The fraction of sp³-hybridized carbons (Fsp3) is 0.588. The van der Waals surface area contributed by atoms with Gasteiger partial charge in [-0.15, -0.1) is 0 Å². The first-order valence-electron chi connectivity index (χ1n) is 8.65. The number of methoxy groups -OCH3 is 1. The summed E-state index contributed by atoms with van der Waals surface area (Å²) >= 11 is 0. The van der Waals surface area contributed by atoms with Gasteiger partial charge >= 0.3 is 0 Å². The van der Waals surface area contributed by atoms with E-state index in [0.717, 1.165) is 12.3 Å². The Balaban J connectivity index is 2.26. The van der Waals surface area contributed by atoms with Crippen molar-refractivity contribution in [2.45, 2.75) is 38.8 Å². The van der Waals surface area contributed by atoms with Crippen molar-refractivity contribution in [3.8, 4) is 5.75 Å². The lowest BCUT2D eigenvalue weighted by Crippen LogP contribution is -2.22. The Morgan fingerprint density at radius 3 is 2.52 bits per heavy atom. The van der Waals surface area contributed by atoms with Crippen LogP contribution in [0.25, 0.3) is 10.9 Å². The quantitative estimate of drug-likeness (QED) is 0.335. The second-order valence-corrected chi connectivity index (χ2v) is 14.8. The minimum atomic E-state index is -3.54. The number of aromatic nitrogens is 2. The highest BCUT2D eigenvalue weighted by atomic mass is 32.2. The Morgan fingerprint density at radius 2 is 1.93 bits per heavy atom. The molecule has 1 aromatic heterocycles. The van der Waals surface area contributed by atoms with Gasteiger partial charge in [-0.1, -0.05) is 19.6 Å². The molecule has 1 aromatic carbocycles. The Kier molecular flexibility index (Phi) is 7.01. The van der Waals surface area contributed by atoms with Crippen LogP contribution in [-0.4, -0.2) is 52.9 Å². The predicted octanol–water partition coefficient (Wildman–Crippen LogP) is 3.02. The fourth-order valence-electron chi connectivity index (χ4n) is 2.56. The van der Waals surface area contributed by atoms with Gasteiger partial charge in [-0.25, -0.2) is 9.07 Å². The largest absolute Gasteiger partial charge is 0.496 e. The average Bonchev–Trinajstić information content (AvgIpc) is 2.86. The topological polar surface area (TPSA) is 79.7 Å². The number of benzene rings is 1. The normalized spacial score (nSPS) is 12.7. The standard InChI is InChI=1S/C17H27FN2O5SSi/c1-23-16-11-13(18)10-15-17(16)14(6-7-25-26(2,21)22)19-20(15)12-24-8-9-27(3,4)5/h10-11H,6-9,12H2,1-5H3. The molecule has 10 heteroatoms. The van der Waals surface area contributed by atoms with Crippen LogP contribution < -0.4 is 4.74 Å². The maximum Gasteiger partial charge on any atom is 0.264 e. The Labute approximate surface area is 160 Å². The van der Waals surface area contributed by atoms with Crippen LogP contribution in [0.4, 0.5) is 4.39 Å². The molecule has 7 nitrogen and oxygen atoms in total. The molecule has 27 heavy (non-hydrogen) atoms. The molecule has 0 spiro atoms. The molecule has 0 saturated carbocycles. The van der Waals surface area contributed by atoms with Gasteiger partial charge in [-0.2, -0.15) is 13.5 Å². The van der Waals surface area contributed by atoms with Crippen LogP contribution >= 0.6 is 0 Å². The molecule has 0 aliphatic heterocycles. The molecule has 0 aliphatic rings. The molecule has 0 unspecified atom stereocenters. The van der Waals surface area contributed by atoms with Crippen molar-refractivity contribution in [2.75, 3.05) is 26.6 Å². The summed E-state index contributed by atoms with van der Waals surface area (Å²) in [6.45, 7) is 7.53. The summed E-state index contributed by atoms with van der Waals surface area (Å²) in [5.41, 5.74) is 1.11. The zero-order valence-electron chi connectivity index (χ0n) is 16.4. The Bertz CT molecular complexity index is 893. The second kappa shape index (κ2) is 8.68. The summed E-state index contributed by atoms with van der Waals surface area (Å²) in [6.07, 6.45) is 1.24. The predicted molar refractivity (Wildman–Crippen MR) is 105 cm³/mol. The second-order valence-electron chi connectivity index (χ2n) is 7.57. The number of halogens is 1. The van der Waals surface area contributed by atoms with Crippen molar-refractivity contribution in [2.24, 2.45) is 0 Å². The molecular formula is C17H27FN2O5SSi. The van der Waals surface area contributed by atoms with E-state index in [4.69, 9.17) is 13.7 Å². The zero-order valence-corrected chi connectivity index (χ0v) is 18.2. The smallest absolute Gasteiger partial charge is 0.264 e.